The van der Waals surface area contributed by atoms with Gasteiger partial charge in [-0.3, -0.25) is 9.12 Å². The summed E-state index contributed by atoms with van der Waals surface area (Å²) in [6.07, 6.45) is 0. The van der Waals surface area contributed by atoms with Crippen LogP contribution in [0.5, 0.6) is 0 Å². The van der Waals surface area contributed by atoms with Crippen LogP contribution in [-0.4, -0.2) is 22.5 Å². The highest BCUT2D eigenvalue weighted by Gasteiger charge is 2.15. The molecule has 0 bridgehead atoms. The molecule has 0 aliphatic rings. The molecule has 0 aliphatic carbocycles. The number of nitrogen functional groups attached to an aromatic ring is 1. The average Bonchev–Trinajstić information content (AvgIpc) is 1.94. The largest absolute Gasteiger partial charge is 0.383 e. The van der Waals surface area contributed by atoms with Crippen molar-refractivity contribution >= 4 is 15.9 Å². The van der Waals surface area contributed by atoms with Gasteiger partial charge in [0, 0.05) is 13.1 Å². The number of hydrogen-bond donors (Lipinski definition) is 2. The van der Waals surface area contributed by atoms with Crippen LogP contribution in [0.25, 0.3) is 0 Å². The van der Waals surface area contributed by atoms with Crippen molar-refractivity contribution in [2.45, 2.75) is 5.03 Å². The van der Waals surface area contributed by atoms with Gasteiger partial charge >= 0.3 is 15.8 Å². The zero-order chi connectivity index (χ0) is 10.2. The number of anilines is 1. The maximum atomic E-state index is 10.9. The Bertz CT molecular complexity index is 489. The highest BCUT2D eigenvalue weighted by molar-refractivity contribution is 7.85. The molecule has 3 N–H and O–H groups in total. The van der Waals surface area contributed by atoms with Gasteiger partial charge in [0.05, 0.1) is 0 Å². The van der Waals surface area contributed by atoms with E-state index < -0.39 is 20.8 Å². The molecule has 0 aliphatic heterocycles. The van der Waals surface area contributed by atoms with Crippen LogP contribution in [0.4, 0.5) is 5.82 Å². The number of rotatable bonds is 1. The van der Waals surface area contributed by atoms with E-state index >= 15 is 0 Å². The van der Waals surface area contributed by atoms with Crippen LogP contribution in [0.1, 0.15) is 0 Å². The maximum absolute atomic E-state index is 10.9. The van der Waals surface area contributed by atoms with Gasteiger partial charge in [-0.1, -0.05) is 0 Å². The monoisotopic (exact) mass is 205 g/mol. The average molecular weight is 205 g/mol. The van der Waals surface area contributed by atoms with Crippen molar-refractivity contribution in [2.24, 2.45) is 7.05 Å². The van der Waals surface area contributed by atoms with Crippen molar-refractivity contribution < 1.29 is 13.0 Å². The highest BCUT2D eigenvalue weighted by atomic mass is 32.2. The summed E-state index contributed by atoms with van der Waals surface area (Å²) in [6.45, 7) is 0. The minimum Gasteiger partial charge on any atom is -0.383 e. The molecule has 0 saturated carbocycles. The summed E-state index contributed by atoms with van der Waals surface area (Å²) in [5.74, 6) is -0.254. The maximum Gasteiger partial charge on any atom is 0.350 e. The second kappa shape index (κ2) is 2.82. The third-order valence-electron chi connectivity index (χ3n) is 1.38. The van der Waals surface area contributed by atoms with E-state index in [1.807, 2.05) is 0 Å². The van der Waals surface area contributed by atoms with Crippen molar-refractivity contribution in [3.63, 3.8) is 0 Å². The molecule has 0 atom stereocenters. The molecular weight excluding hydrogens is 198 g/mol. The predicted molar refractivity (Wildman–Crippen MR) is 43.7 cm³/mol. The van der Waals surface area contributed by atoms with Gasteiger partial charge in [-0.05, 0) is 0 Å². The van der Waals surface area contributed by atoms with Gasteiger partial charge in [0.15, 0.2) is 5.03 Å². The zero-order valence-electron chi connectivity index (χ0n) is 6.63. The molecule has 1 aromatic heterocycles. The summed E-state index contributed by atoms with van der Waals surface area (Å²) >= 11 is 0. The lowest BCUT2D eigenvalue weighted by molar-refractivity contribution is 0.470. The van der Waals surface area contributed by atoms with E-state index in [2.05, 4.69) is 4.98 Å². The van der Waals surface area contributed by atoms with Gasteiger partial charge in [-0.25, -0.2) is 4.79 Å². The second-order valence-corrected chi connectivity index (χ2v) is 3.70. The van der Waals surface area contributed by atoms with E-state index in [-0.39, 0.29) is 5.82 Å². The molecule has 7 nitrogen and oxygen atoms in total. The standard InChI is InChI=1S/C5H7N3O4S/c1-8-4(13(10,11)12)2-3(6)7-5(8)9/h2H,1H3,(H2,6,7,9)(H,10,11,12). The lowest BCUT2D eigenvalue weighted by Crippen LogP contribution is -2.25. The first kappa shape index (κ1) is 9.68. The summed E-state index contributed by atoms with van der Waals surface area (Å²) in [5.41, 5.74) is 4.28. The first-order valence-corrected chi connectivity index (χ1v) is 4.57. The summed E-state index contributed by atoms with van der Waals surface area (Å²) in [4.78, 5) is 14.2. The third-order valence-corrected chi connectivity index (χ3v) is 2.30. The third kappa shape index (κ3) is 1.84. The Labute approximate surface area is 73.6 Å². The first-order valence-electron chi connectivity index (χ1n) is 3.13. The van der Waals surface area contributed by atoms with Crippen LogP contribution < -0.4 is 11.4 Å². The van der Waals surface area contributed by atoms with Crippen molar-refractivity contribution in [3.05, 3.63) is 16.6 Å². The number of hydrogen-bond acceptors (Lipinski definition) is 5. The van der Waals surface area contributed by atoms with E-state index in [4.69, 9.17) is 10.3 Å². The van der Waals surface area contributed by atoms with E-state index in [0.717, 1.165) is 13.1 Å². The number of aromatic nitrogens is 2. The molecule has 0 fully saturated rings. The van der Waals surface area contributed by atoms with E-state index in [0.29, 0.717) is 4.57 Å². The van der Waals surface area contributed by atoms with Gasteiger partial charge in [0.2, 0.25) is 0 Å². The Kier molecular flexibility index (Phi) is 2.10. The van der Waals surface area contributed by atoms with Crippen molar-refractivity contribution in [3.8, 4) is 0 Å². The molecule has 0 amide bonds. The van der Waals surface area contributed by atoms with Gasteiger partial charge in [0.25, 0.3) is 0 Å². The minimum absolute atomic E-state index is 0.254. The van der Waals surface area contributed by atoms with Crippen LogP contribution >= 0.6 is 0 Å². The molecule has 0 saturated heterocycles. The molecule has 0 aromatic carbocycles. The fourth-order valence-corrected chi connectivity index (χ4v) is 1.48. The molecule has 1 heterocycles. The van der Waals surface area contributed by atoms with E-state index in [1.54, 1.807) is 0 Å². The van der Waals surface area contributed by atoms with Gasteiger partial charge in [0.1, 0.15) is 5.82 Å². The fraction of sp³-hybridized carbons (Fsp3) is 0.200. The van der Waals surface area contributed by atoms with Crippen LogP contribution in [0, 0.1) is 0 Å². The number of nitrogens with two attached hydrogens (primary N) is 1. The molecule has 13 heavy (non-hydrogen) atoms. The molecule has 1 aromatic rings. The van der Waals surface area contributed by atoms with Crippen molar-refractivity contribution in [1.29, 1.82) is 0 Å². The molecular formula is C5H7N3O4S. The topological polar surface area (TPSA) is 115 Å². The summed E-state index contributed by atoms with van der Waals surface area (Å²) in [7, 11) is -3.27. The van der Waals surface area contributed by atoms with Gasteiger partial charge in [-0.2, -0.15) is 13.4 Å². The Morgan fingerprint density at radius 1 is 1.62 bits per heavy atom. The predicted octanol–water partition coefficient (Wildman–Crippen LogP) is -1.39. The normalized spacial score (nSPS) is 11.5. The van der Waals surface area contributed by atoms with Crippen molar-refractivity contribution in [2.75, 3.05) is 5.73 Å². The van der Waals surface area contributed by atoms with Crippen LogP contribution in [0.2, 0.25) is 0 Å². The Morgan fingerprint density at radius 3 is 2.62 bits per heavy atom. The summed E-state index contributed by atoms with van der Waals surface area (Å²) < 4.78 is 30.7. The second-order valence-electron chi connectivity index (χ2n) is 2.34. The van der Waals surface area contributed by atoms with Crippen LogP contribution in [-0.2, 0) is 17.2 Å². The Morgan fingerprint density at radius 2 is 2.15 bits per heavy atom. The molecule has 8 heteroatoms. The highest BCUT2D eigenvalue weighted by Crippen LogP contribution is 2.06. The quantitative estimate of drug-likeness (QED) is 0.430. The molecule has 72 valence electrons. The lowest BCUT2D eigenvalue weighted by atomic mass is 10.6. The summed E-state index contributed by atoms with van der Waals surface area (Å²) in [6, 6.07) is 0.900. The first-order chi connectivity index (χ1) is 5.82. The SMILES string of the molecule is Cn1c(S(=O)(=O)O)cc(N)nc1=O. The van der Waals surface area contributed by atoms with Gasteiger partial charge in [-0.15, -0.1) is 0 Å². The fourth-order valence-electron chi connectivity index (χ4n) is 0.783. The number of nitrogens with zero attached hydrogens (tertiary/aromatic N) is 2. The van der Waals surface area contributed by atoms with Crippen LogP contribution in [0.3, 0.4) is 0 Å². The zero-order valence-corrected chi connectivity index (χ0v) is 7.45. The van der Waals surface area contributed by atoms with Gasteiger partial charge < -0.3 is 5.73 Å². The molecule has 1 rings (SSSR count). The van der Waals surface area contributed by atoms with Crippen molar-refractivity contribution in [1.82, 2.24) is 9.55 Å². The van der Waals surface area contributed by atoms with E-state index in [9.17, 15) is 13.2 Å². The summed E-state index contributed by atoms with van der Waals surface area (Å²) in [5, 5.41) is -0.579. The molecule has 0 unspecified atom stereocenters. The Hall–Kier alpha value is -1.41. The Balaban J connectivity index is 3.66. The van der Waals surface area contributed by atoms with E-state index in [1.165, 1.54) is 0 Å². The molecule has 0 spiro atoms. The molecule has 0 radical (unpaired) electrons. The van der Waals surface area contributed by atoms with Crippen LogP contribution in [0.15, 0.2) is 15.9 Å². The smallest absolute Gasteiger partial charge is 0.350 e. The lowest BCUT2D eigenvalue weighted by Gasteiger charge is -2.03. The minimum atomic E-state index is -4.44.